The van der Waals surface area contributed by atoms with Crippen molar-refractivity contribution in [2.24, 2.45) is 5.92 Å². The Hall–Kier alpha value is -0.810. The molecule has 0 aromatic carbocycles. The molecule has 0 bridgehead atoms. The maximum atomic E-state index is 12.2. The molecule has 2 aliphatic heterocycles. The van der Waals surface area contributed by atoms with E-state index in [1.165, 1.54) is 25.7 Å². The highest BCUT2D eigenvalue weighted by Gasteiger charge is 2.33. The molecule has 5 heteroatoms. The maximum absolute atomic E-state index is 12.2. The Labute approximate surface area is 141 Å². The zero-order chi connectivity index (χ0) is 16.9. The average molecular weight is 326 g/mol. The zero-order valence-electron chi connectivity index (χ0n) is 15.3. The van der Waals surface area contributed by atoms with E-state index in [2.05, 4.69) is 5.32 Å². The topological polar surface area (TPSA) is 50.8 Å². The summed E-state index contributed by atoms with van der Waals surface area (Å²) in [5.74, 6) is 0.525. The van der Waals surface area contributed by atoms with Crippen molar-refractivity contribution in [2.75, 3.05) is 26.7 Å². The van der Waals surface area contributed by atoms with Crippen molar-refractivity contribution >= 4 is 6.09 Å². The fourth-order valence-electron chi connectivity index (χ4n) is 3.66. The van der Waals surface area contributed by atoms with E-state index in [0.717, 1.165) is 32.5 Å². The van der Waals surface area contributed by atoms with E-state index in [4.69, 9.17) is 9.47 Å². The second kappa shape index (κ2) is 8.34. The normalized spacial score (nSPS) is 26.5. The van der Waals surface area contributed by atoms with Crippen molar-refractivity contribution in [3.63, 3.8) is 0 Å². The highest BCUT2D eigenvalue weighted by molar-refractivity contribution is 5.68. The fraction of sp³-hybridized carbons (Fsp3) is 0.944. The quantitative estimate of drug-likeness (QED) is 0.814. The van der Waals surface area contributed by atoms with Crippen LogP contribution in [0.3, 0.4) is 0 Å². The van der Waals surface area contributed by atoms with Gasteiger partial charge in [-0.1, -0.05) is 0 Å². The summed E-state index contributed by atoms with van der Waals surface area (Å²) in [6.45, 7) is 8.30. The molecule has 5 nitrogen and oxygen atoms in total. The van der Waals surface area contributed by atoms with Crippen LogP contribution in [0.25, 0.3) is 0 Å². The first-order valence-electron chi connectivity index (χ1n) is 9.16. The Kier molecular flexibility index (Phi) is 6.72. The lowest BCUT2D eigenvalue weighted by Crippen LogP contribution is -2.38. The minimum atomic E-state index is -0.418. The number of ether oxygens (including phenoxy) is 2. The highest BCUT2D eigenvalue weighted by atomic mass is 16.6. The molecule has 1 amide bonds. The first-order valence-corrected chi connectivity index (χ1v) is 9.16. The van der Waals surface area contributed by atoms with Crippen molar-refractivity contribution in [3.05, 3.63) is 0 Å². The molecule has 3 atom stereocenters. The molecule has 0 aromatic heterocycles. The zero-order valence-corrected chi connectivity index (χ0v) is 15.3. The number of amides is 1. The van der Waals surface area contributed by atoms with Crippen LogP contribution < -0.4 is 5.32 Å². The van der Waals surface area contributed by atoms with E-state index in [9.17, 15) is 4.79 Å². The van der Waals surface area contributed by atoms with Crippen molar-refractivity contribution in [1.29, 1.82) is 0 Å². The maximum Gasteiger partial charge on any atom is 0.410 e. The second-order valence-corrected chi connectivity index (χ2v) is 7.94. The summed E-state index contributed by atoms with van der Waals surface area (Å²) < 4.78 is 11.2. The summed E-state index contributed by atoms with van der Waals surface area (Å²) in [5.41, 5.74) is -0.418. The molecule has 2 rings (SSSR count). The van der Waals surface area contributed by atoms with Crippen LogP contribution in [0.2, 0.25) is 0 Å². The molecule has 3 unspecified atom stereocenters. The van der Waals surface area contributed by atoms with Gasteiger partial charge in [0.1, 0.15) is 5.60 Å². The Morgan fingerprint density at radius 1 is 1.39 bits per heavy atom. The summed E-state index contributed by atoms with van der Waals surface area (Å²) in [4.78, 5) is 14.0. The molecule has 2 heterocycles. The third-order valence-electron chi connectivity index (χ3n) is 4.88. The smallest absolute Gasteiger partial charge is 0.410 e. The van der Waals surface area contributed by atoms with E-state index in [1.807, 2.05) is 32.7 Å². The molecule has 0 saturated carbocycles. The summed E-state index contributed by atoms with van der Waals surface area (Å²) in [6.07, 6.45) is 7.32. The van der Waals surface area contributed by atoms with Gasteiger partial charge in [0.15, 0.2) is 0 Å². The van der Waals surface area contributed by atoms with E-state index < -0.39 is 5.60 Å². The Morgan fingerprint density at radius 2 is 2.17 bits per heavy atom. The van der Waals surface area contributed by atoms with Gasteiger partial charge in [-0.2, -0.15) is 0 Å². The molecule has 2 saturated heterocycles. The van der Waals surface area contributed by atoms with Gasteiger partial charge in [0, 0.05) is 25.7 Å². The number of likely N-dealkylation sites (tertiary alicyclic amines) is 1. The minimum absolute atomic E-state index is 0.172. The molecule has 1 N–H and O–H groups in total. The van der Waals surface area contributed by atoms with Gasteiger partial charge in [-0.05, 0) is 72.3 Å². The second-order valence-electron chi connectivity index (χ2n) is 7.94. The van der Waals surface area contributed by atoms with E-state index >= 15 is 0 Å². The van der Waals surface area contributed by atoms with Crippen LogP contribution in [0.1, 0.15) is 59.3 Å². The van der Waals surface area contributed by atoms with Crippen LogP contribution in [0.15, 0.2) is 0 Å². The molecule has 0 aliphatic carbocycles. The predicted molar refractivity (Wildman–Crippen MR) is 91.6 cm³/mol. The molecule has 2 aliphatic rings. The molecular formula is C18H34N2O3. The molecule has 23 heavy (non-hydrogen) atoms. The SMILES string of the molecule is CNC(CCCC1CCCO1)C1CCN(C(=O)OC(C)(C)C)C1. The summed E-state index contributed by atoms with van der Waals surface area (Å²) >= 11 is 0. The lowest BCUT2D eigenvalue weighted by Gasteiger charge is -2.26. The molecule has 0 radical (unpaired) electrons. The first-order chi connectivity index (χ1) is 10.9. The Balaban J connectivity index is 1.73. The van der Waals surface area contributed by atoms with Crippen molar-refractivity contribution in [1.82, 2.24) is 10.2 Å². The number of carbonyl (C=O) groups excluding carboxylic acids is 1. The minimum Gasteiger partial charge on any atom is -0.444 e. The van der Waals surface area contributed by atoms with E-state index in [1.54, 1.807) is 0 Å². The molecule has 134 valence electrons. The number of rotatable bonds is 6. The van der Waals surface area contributed by atoms with Gasteiger partial charge in [-0.15, -0.1) is 0 Å². The van der Waals surface area contributed by atoms with Crippen LogP contribution in [0, 0.1) is 5.92 Å². The van der Waals surface area contributed by atoms with Crippen LogP contribution in [0.4, 0.5) is 4.79 Å². The van der Waals surface area contributed by atoms with Gasteiger partial charge in [0.25, 0.3) is 0 Å². The molecule has 0 spiro atoms. The number of hydrogen-bond donors (Lipinski definition) is 1. The standard InChI is InChI=1S/C18H34N2O3/c1-18(2,3)23-17(21)20-11-10-14(13-20)16(19-4)9-5-7-15-8-6-12-22-15/h14-16,19H,5-13H2,1-4H3. The van der Waals surface area contributed by atoms with Crippen molar-refractivity contribution < 1.29 is 14.3 Å². The lowest BCUT2D eigenvalue weighted by atomic mass is 9.93. The third-order valence-corrected chi connectivity index (χ3v) is 4.88. The summed E-state index contributed by atoms with van der Waals surface area (Å²) in [5, 5.41) is 3.46. The van der Waals surface area contributed by atoms with E-state index in [-0.39, 0.29) is 6.09 Å². The molecule has 2 fully saturated rings. The number of nitrogens with zero attached hydrogens (tertiary/aromatic N) is 1. The fourth-order valence-corrected chi connectivity index (χ4v) is 3.66. The van der Waals surface area contributed by atoms with Crippen LogP contribution in [0.5, 0.6) is 0 Å². The van der Waals surface area contributed by atoms with Gasteiger partial charge in [-0.25, -0.2) is 4.79 Å². The average Bonchev–Trinajstić information content (AvgIpc) is 3.13. The Morgan fingerprint density at radius 3 is 2.78 bits per heavy atom. The van der Waals surface area contributed by atoms with Crippen molar-refractivity contribution in [2.45, 2.75) is 77.0 Å². The van der Waals surface area contributed by atoms with Crippen LogP contribution >= 0.6 is 0 Å². The third kappa shape index (κ3) is 5.96. The van der Waals surface area contributed by atoms with Gasteiger partial charge >= 0.3 is 6.09 Å². The number of hydrogen-bond acceptors (Lipinski definition) is 4. The van der Waals surface area contributed by atoms with Gasteiger partial charge in [0.05, 0.1) is 6.10 Å². The van der Waals surface area contributed by atoms with Crippen LogP contribution in [-0.4, -0.2) is 55.5 Å². The van der Waals surface area contributed by atoms with Crippen molar-refractivity contribution in [3.8, 4) is 0 Å². The highest BCUT2D eigenvalue weighted by Crippen LogP contribution is 2.25. The van der Waals surface area contributed by atoms with E-state index in [0.29, 0.717) is 18.1 Å². The Bertz CT molecular complexity index is 375. The van der Waals surface area contributed by atoms with Gasteiger partial charge in [0.2, 0.25) is 0 Å². The largest absolute Gasteiger partial charge is 0.444 e. The molecule has 0 aromatic rings. The first kappa shape index (κ1) is 18.5. The number of nitrogens with one attached hydrogen (secondary N) is 1. The summed E-state index contributed by atoms with van der Waals surface area (Å²) in [7, 11) is 2.03. The monoisotopic (exact) mass is 326 g/mol. The number of carbonyl (C=O) groups is 1. The lowest BCUT2D eigenvalue weighted by molar-refractivity contribution is 0.0285. The summed E-state index contributed by atoms with van der Waals surface area (Å²) in [6, 6.07) is 0.476. The molecular weight excluding hydrogens is 292 g/mol. The van der Waals surface area contributed by atoms with Gasteiger partial charge in [-0.3, -0.25) is 0 Å². The van der Waals surface area contributed by atoms with Crippen LogP contribution in [-0.2, 0) is 9.47 Å². The predicted octanol–water partition coefficient (Wildman–Crippen LogP) is 3.18. The van der Waals surface area contributed by atoms with Gasteiger partial charge < -0.3 is 19.7 Å².